The van der Waals surface area contributed by atoms with E-state index in [1.54, 1.807) is 16.4 Å². The Bertz CT molecular complexity index is 901. The number of anilines is 1. The number of nitrogens with one attached hydrogen (secondary N) is 2. The Labute approximate surface area is 162 Å². The van der Waals surface area contributed by atoms with Gasteiger partial charge >= 0.3 is 0 Å². The maximum Gasteiger partial charge on any atom is 0.297 e. The summed E-state index contributed by atoms with van der Waals surface area (Å²) in [5.74, 6) is 1.17. The standard InChI is InChI=1S/C17H20N8O.ClH/c1-24-17(20-14(22-24)12-7-9-18-10-8-12)21-16(26)15-19-11-25(23-15)13-5-3-2-4-6-13;/h2-6,11-12,18H,7-10H2,1H3,(H,20,21,22,26);1H. The molecule has 0 saturated carbocycles. The largest absolute Gasteiger partial charge is 0.317 e. The summed E-state index contributed by atoms with van der Waals surface area (Å²) in [5.41, 5.74) is 0.839. The fourth-order valence-electron chi connectivity index (χ4n) is 3.00. The second-order valence-electron chi connectivity index (χ2n) is 6.24. The summed E-state index contributed by atoms with van der Waals surface area (Å²) in [6.45, 7) is 1.93. The van der Waals surface area contributed by atoms with Crippen LogP contribution in [-0.4, -0.2) is 48.5 Å². The maximum atomic E-state index is 12.5. The average molecular weight is 389 g/mol. The Kier molecular flexibility index (Phi) is 5.82. The fourth-order valence-corrected chi connectivity index (χ4v) is 3.00. The Morgan fingerprint density at radius 2 is 1.93 bits per heavy atom. The lowest BCUT2D eigenvalue weighted by molar-refractivity contribution is 0.101. The van der Waals surface area contributed by atoms with Gasteiger partial charge in [0.25, 0.3) is 5.91 Å². The highest BCUT2D eigenvalue weighted by Gasteiger charge is 2.22. The van der Waals surface area contributed by atoms with Crippen LogP contribution in [0.4, 0.5) is 5.95 Å². The van der Waals surface area contributed by atoms with Crippen molar-refractivity contribution >= 4 is 24.3 Å². The van der Waals surface area contributed by atoms with Gasteiger partial charge in [-0.3, -0.25) is 10.1 Å². The van der Waals surface area contributed by atoms with Crippen molar-refractivity contribution in [2.24, 2.45) is 7.05 Å². The van der Waals surface area contributed by atoms with E-state index in [0.29, 0.717) is 11.9 Å². The smallest absolute Gasteiger partial charge is 0.297 e. The monoisotopic (exact) mass is 388 g/mol. The highest BCUT2D eigenvalue weighted by molar-refractivity contribution is 6.00. The van der Waals surface area contributed by atoms with Gasteiger partial charge in [-0.2, -0.15) is 10.1 Å². The molecule has 2 N–H and O–H groups in total. The number of hydrogen-bond acceptors (Lipinski definition) is 6. The first-order valence-electron chi connectivity index (χ1n) is 8.61. The lowest BCUT2D eigenvalue weighted by Crippen LogP contribution is -2.27. The number of aromatic nitrogens is 6. The normalized spacial score (nSPS) is 14.6. The van der Waals surface area contributed by atoms with Crippen molar-refractivity contribution in [3.05, 3.63) is 48.3 Å². The number of halogens is 1. The molecule has 1 amide bonds. The summed E-state index contributed by atoms with van der Waals surface area (Å²) in [7, 11) is 1.77. The predicted octanol–water partition coefficient (Wildman–Crippen LogP) is 1.54. The molecular formula is C17H21ClN8O. The molecule has 4 rings (SSSR count). The number of para-hydroxylation sites is 1. The van der Waals surface area contributed by atoms with Crippen LogP contribution in [0, 0.1) is 0 Å². The lowest BCUT2D eigenvalue weighted by Gasteiger charge is -2.19. The van der Waals surface area contributed by atoms with Gasteiger partial charge in [-0.1, -0.05) is 18.2 Å². The van der Waals surface area contributed by atoms with E-state index >= 15 is 0 Å². The van der Waals surface area contributed by atoms with Crippen LogP contribution in [0.3, 0.4) is 0 Å². The van der Waals surface area contributed by atoms with E-state index in [1.807, 2.05) is 30.3 Å². The second kappa shape index (κ2) is 8.28. The SMILES string of the molecule is Cl.Cn1nc(C2CCNCC2)nc1NC(=O)c1ncn(-c2ccccc2)n1. The molecule has 0 bridgehead atoms. The molecular weight excluding hydrogens is 368 g/mol. The highest BCUT2D eigenvalue weighted by atomic mass is 35.5. The third-order valence-corrected chi connectivity index (χ3v) is 4.42. The fraction of sp³-hybridized carbons (Fsp3) is 0.353. The molecule has 1 aromatic carbocycles. The summed E-state index contributed by atoms with van der Waals surface area (Å²) in [5, 5.41) is 14.8. The minimum Gasteiger partial charge on any atom is -0.317 e. The second-order valence-corrected chi connectivity index (χ2v) is 6.24. The van der Waals surface area contributed by atoms with E-state index < -0.39 is 5.91 Å². The molecule has 0 atom stereocenters. The van der Waals surface area contributed by atoms with E-state index in [4.69, 9.17) is 0 Å². The van der Waals surface area contributed by atoms with Crippen LogP contribution in [0.5, 0.6) is 0 Å². The molecule has 142 valence electrons. The van der Waals surface area contributed by atoms with E-state index in [2.05, 4.69) is 30.8 Å². The minimum atomic E-state index is -0.410. The van der Waals surface area contributed by atoms with Crippen molar-refractivity contribution in [2.45, 2.75) is 18.8 Å². The molecule has 10 heteroatoms. The number of nitrogens with zero attached hydrogens (tertiary/aromatic N) is 6. The predicted molar refractivity (Wildman–Crippen MR) is 102 cm³/mol. The number of benzene rings is 1. The van der Waals surface area contributed by atoms with Crippen molar-refractivity contribution in [2.75, 3.05) is 18.4 Å². The molecule has 1 aliphatic heterocycles. The number of piperidine rings is 1. The third-order valence-electron chi connectivity index (χ3n) is 4.42. The molecule has 1 aliphatic rings. The first-order chi connectivity index (χ1) is 12.7. The summed E-state index contributed by atoms with van der Waals surface area (Å²) < 4.78 is 3.15. The molecule has 9 nitrogen and oxygen atoms in total. The summed E-state index contributed by atoms with van der Waals surface area (Å²) in [6.07, 6.45) is 3.52. The average Bonchev–Trinajstić information content (AvgIpc) is 3.31. The van der Waals surface area contributed by atoms with Gasteiger partial charge in [0, 0.05) is 13.0 Å². The summed E-state index contributed by atoms with van der Waals surface area (Å²) in [6, 6.07) is 9.51. The number of carbonyl (C=O) groups is 1. The van der Waals surface area contributed by atoms with Crippen molar-refractivity contribution in [3.8, 4) is 5.69 Å². The van der Waals surface area contributed by atoms with Gasteiger partial charge in [0.05, 0.1) is 5.69 Å². The zero-order valence-corrected chi connectivity index (χ0v) is 15.7. The van der Waals surface area contributed by atoms with Crippen LogP contribution in [0.25, 0.3) is 5.69 Å². The molecule has 0 aliphatic carbocycles. The van der Waals surface area contributed by atoms with E-state index in [1.165, 1.54) is 6.33 Å². The number of hydrogen-bond donors (Lipinski definition) is 2. The molecule has 27 heavy (non-hydrogen) atoms. The number of carbonyl (C=O) groups excluding carboxylic acids is 1. The lowest BCUT2D eigenvalue weighted by atomic mass is 9.98. The zero-order valence-electron chi connectivity index (χ0n) is 14.9. The minimum absolute atomic E-state index is 0. The Morgan fingerprint density at radius 3 is 2.67 bits per heavy atom. The summed E-state index contributed by atoms with van der Waals surface area (Å²) >= 11 is 0. The topological polar surface area (TPSA) is 103 Å². The van der Waals surface area contributed by atoms with Gasteiger partial charge in [-0.05, 0) is 38.1 Å². The Morgan fingerprint density at radius 1 is 1.19 bits per heavy atom. The van der Waals surface area contributed by atoms with E-state index in [9.17, 15) is 4.79 Å². The number of amides is 1. The van der Waals surface area contributed by atoms with Gasteiger partial charge < -0.3 is 5.32 Å². The van der Waals surface area contributed by atoms with Crippen LogP contribution < -0.4 is 10.6 Å². The Hall–Kier alpha value is -2.78. The van der Waals surface area contributed by atoms with E-state index in [0.717, 1.165) is 37.4 Å². The van der Waals surface area contributed by atoms with Crippen LogP contribution in [0.1, 0.15) is 35.2 Å². The zero-order chi connectivity index (χ0) is 17.9. The number of rotatable bonds is 4. The van der Waals surface area contributed by atoms with Gasteiger partial charge in [-0.15, -0.1) is 17.5 Å². The van der Waals surface area contributed by atoms with Crippen molar-refractivity contribution < 1.29 is 4.79 Å². The Balaban J connectivity index is 0.00000210. The van der Waals surface area contributed by atoms with Crippen LogP contribution >= 0.6 is 12.4 Å². The first kappa shape index (κ1) is 19.0. The van der Waals surface area contributed by atoms with Gasteiger partial charge in [0.1, 0.15) is 6.33 Å². The maximum absolute atomic E-state index is 12.5. The van der Waals surface area contributed by atoms with Crippen molar-refractivity contribution in [3.63, 3.8) is 0 Å². The molecule has 3 heterocycles. The quantitative estimate of drug-likeness (QED) is 0.702. The van der Waals surface area contributed by atoms with Crippen molar-refractivity contribution in [1.82, 2.24) is 34.8 Å². The van der Waals surface area contributed by atoms with Gasteiger partial charge in [0.15, 0.2) is 5.82 Å². The molecule has 3 aromatic rings. The molecule has 0 radical (unpaired) electrons. The number of aryl methyl sites for hydroxylation is 1. The van der Waals surface area contributed by atoms with Crippen molar-refractivity contribution in [1.29, 1.82) is 0 Å². The summed E-state index contributed by atoms with van der Waals surface area (Å²) in [4.78, 5) is 21.0. The van der Waals surface area contributed by atoms with Crippen LogP contribution in [-0.2, 0) is 7.05 Å². The van der Waals surface area contributed by atoms with Gasteiger partial charge in [-0.25, -0.2) is 14.3 Å². The molecule has 1 fully saturated rings. The molecule has 0 spiro atoms. The molecule has 2 aromatic heterocycles. The third kappa shape index (κ3) is 4.15. The van der Waals surface area contributed by atoms with Crippen LogP contribution in [0.2, 0.25) is 0 Å². The molecule has 1 saturated heterocycles. The highest BCUT2D eigenvalue weighted by Crippen LogP contribution is 2.23. The van der Waals surface area contributed by atoms with Crippen LogP contribution in [0.15, 0.2) is 36.7 Å². The molecule has 0 unspecified atom stereocenters. The van der Waals surface area contributed by atoms with E-state index in [-0.39, 0.29) is 18.2 Å². The van der Waals surface area contributed by atoms with Gasteiger partial charge in [0.2, 0.25) is 11.8 Å². The first-order valence-corrected chi connectivity index (χ1v) is 8.61.